The van der Waals surface area contributed by atoms with Gasteiger partial charge in [0, 0.05) is 5.56 Å². The number of benzene rings is 3. The minimum Gasteiger partial charge on any atom is -0.497 e. The van der Waals surface area contributed by atoms with E-state index in [4.69, 9.17) is 18.9 Å². The molecule has 0 atom stereocenters. The zero-order valence-corrected chi connectivity index (χ0v) is 17.1. The molecule has 0 aliphatic heterocycles. The summed E-state index contributed by atoms with van der Waals surface area (Å²) in [7, 11) is 3.16. The Balaban J connectivity index is 1.50. The number of amides is 1. The summed E-state index contributed by atoms with van der Waals surface area (Å²) >= 11 is 0. The van der Waals surface area contributed by atoms with Gasteiger partial charge >= 0.3 is 0 Å². The van der Waals surface area contributed by atoms with Crippen molar-refractivity contribution in [2.75, 3.05) is 27.4 Å². The molecule has 0 saturated carbocycles. The highest BCUT2D eigenvalue weighted by molar-refractivity contribution is 5.94. The highest BCUT2D eigenvalue weighted by Crippen LogP contribution is 2.29. The van der Waals surface area contributed by atoms with Gasteiger partial charge in [0.25, 0.3) is 5.91 Å². The van der Waals surface area contributed by atoms with Crippen molar-refractivity contribution in [3.8, 4) is 23.0 Å². The molecule has 6 nitrogen and oxygen atoms in total. The number of carbonyl (C=O) groups excluding carboxylic acids is 1. The monoisotopic (exact) mass is 407 g/mol. The molecule has 0 bridgehead atoms. The molecule has 156 valence electrons. The van der Waals surface area contributed by atoms with Gasteiger partial charge in [-0.2, -0.15) is 0 Å². The molecule has 1 N–H and O–H groups in total. The Morgan fingerprint density at radius 1 is 0.800 bits per heavy atom. The average Bonchev–Trinajstić information content (AvgIpc) is 2.81. The molecule has 0 heterocycles. The highest BCUT2D eigenvalue weighted by Gasteiger charge is 2.11. The fraction of sp³-hybridized carbons (Fsp3) is 0.208. The van der Waals surface area contributed by atoms with Crippen LogP contribution in [0.15, 0.2) is 72.8 Å². The van der Waals surface area contributed by atoms with Crippen LogP contribution in [0.1, 0.15) is 15.9 Å². The minimum absolute atomic E-state index is 0.207. The van der Waals surface area contributed by atoms with E-state index in [9.17, 15) is 4.79 Å². The maximum atomic E-state index is 12.4. The van der Waals surface area contributed by atoms with Gasteiger partial charge in [-0.3, -0.25) is 4.79 Å². The predicted molar refractivity (Wildman–Crippen MR) is 115 cm³/mol. The van der Waals surface area contributed by atoms with Crippen LogP contribution in [0, 0.1) is 0 Å². The van der Waals surface area contributed by atoms with Crippen LogP contribution in [0.3, 0.4) is 0 Å². The van der Waals surface area contributed by atoms with Crippen LogP contribution < -0.4 is 24.3 Å². The van der Waals surface area contributed by atoms with Crippen molar-refractivity contribution in [2.45, 2.75) is 6.61 Å². The smallest absolute Gasteiger partial charge is 0.251 e. The van der Waals surface area contributed by atoms with E-state index in [-0.39, 0.29) is 5.91 Å². The van der Waals surface area contributed by atoms with Crippen LogP contribution >= 0.6 is 0 Å². The summed E-state index contributed by atoms with van der Waals surface area (Å²) in [6.45, 7) is 1.15. The standard InChI is InChI=1S/C24H25NO5/c1-27-20-9-11-21(12-10-20)29-15-14-25-24(26)19-8-13-22(23(16-19)28-2)30-17-18-6-4-3-5-7-18/h3-13,16H,14-15,17H2,1-2H3,(H,25,26). The van der Waals surface area contributed by atoms with Gasteiger partial charge in [-0.15, -0.1) is 0 Å². The molecule has 0 saturated heterocycles. The maximum absolute atomic E-state index is 12.4. The van der Waals surface area contributed by atoms with Gasteiger partial charge in [0.1, 0.15) is 24.7 Å². The molecule has 3 aromatic rings. The van der Waals surface area contributed by atoms with Gasteiger partial charge in [0.2, 0.25) is 0 Å². The highest BCUT2D eigenvalue weighted by atomic mass is 16.5. The zero-order chi connectivity index (χ0) is 21.2. The largest absolute Gasteiger partial charge is 0.497 e. The van der Waals surface area contributed by atoms with Gasteiger partial charge in [-0.1, -0.05) is 30.3 Å². The Morgan fingerprint density at radius 2 is 1.53 bits per heavy atom. The summed E-state index contributed by atoms with van der Waals surface area (Å²) in [6.07, 6.45) is 0. The lowest BCUT2D eigenvalue weighted by Gasteiger charge is -2.13. The Hall–Kier alpha value is -3.67. The van der Waals surface area contributed by atoms with E-state index in [1.54, 1.807) is 32.4 Å². The molecule has 0 aliphatic carbocycles. The fourth-order valence-electron chi connectivity index (χ4n) is 2.77. The lowest BCUT2D eigenvalue weighted by Crippen LogP contribution is -2.28. The van der Waals surface area contributed by atoms with E-state index in [1.165, 1.54) is 0 Å². The van der Waals surface area contributed by atoms with Crippen molar-refractivity contribution in [1.29, 1.82) is 0 Å². The van der Waals surface area contributed by atoms with Crippen molar-refractivity contribution >= 4 is 5.91 Å². The Morgan fingerprint density at radius 3 is 2.23 bits per heavy atom. The van der Waals surface area contributed by atoms with Crippen LogP contribution in [-0.4, -0.2) is 33.3 Å². The minimum atomic E-state index is -0.207. The second kappa shape index (κ2) is 10.8. The topological polar surface area (TPSA) is 66.0 Å². The third-order valence-electron chi connectivity index (χ3n) is 4.38. The predicted octanol–water partition coefficient (Wildman–Crippen LogP) is 4.09. The molecular weight excluding hydrogens is 382 g/mol. The van der Waals surface area contributed by atoms with Crippen molar-refractivity contribution in [3.05, 3.63) is 83.9 Å². The summed E-state index contributed by atoms with van der Waals surface area (Å²) in [5.41, 5.74) is 1.54. The summed E-state index contributed by atoms with van der Waals surface area (Å²) in [4.78, 5) is 12.4. The molecule has 1 amide bonds. The Kier molecular flexibility index (Phi) is 7.55. The summed E-state index contributed by atoms with van der Waals surface area (Å²) in [5.74, 6) is 2.36. The van der Waals surface area contributed by atoms with Crippen molar-refractivity contribution in [3.63, 3.8) is 0 Å². The number of hydrogen-bond donors (Lipinski definition) is 1. The quantitative estimate of drug-likeness (QED) is 0.513. The normalized spacial score (nSPS) is 10.2. The molecule has 0 fully saturated rings. The number of nitrogens with one attached hydrogen (secondary N) is 1. The first-order valence-electron chi connectivity index (χ1n) is 9.59. The van der Waals surface area contributed by atoms with Gasteiger partial charge in [-0.05, 0) is 48.0 Å². The molecule has 0 spiro atoms. The van der Waals surface area contributed by atoms with Crippen molar-refractivity contribution < 1.29 is 23.7 Å². The number of methoxy groups -OCH3 is 2. The Labute approximate surface area is 176 Å². The van der Waals surface area contributed by atoms with E-state index in [1.807, 2.05) is 54.6 Å². The first-order valence-corrected chi connectivity index (χ1v) is 9.59. The molecule has 3 rings (SSSR count). The molecule has 6 heteroatoms. The number of hydrogen-bond acceptors (Lipinski definition) is 5. The van der Waals surface area contributed by atoms with E-state index in [0.29, 0.717) is 42.6 Å². The van der Waals surface area contributed by atoms with Gasteiger partial charge in [0.15, 0.2) is 11.5 Å². The van der Waals surface area contributed by atoms with Crippen molar-refractivity contribution in [1.82, 2.24) is 5.32 Å². The second-order valence-electron chi connectivity index (χ2n) is 6.42. The summed E-state index contributed by atoms with van der Waals surface area (Å²) < 4.78 is 21.9. The lowest BCUT2D eigenvalue weighted by molar-refractivity contribution is 0.0946. The lowest BCUT2D eigenvalue weighted by atomic mass is 10.2. The fourth-order valence-corrected chi connectivity index (χ4v) is 2.77. The van der Waals surface area contributed by atoms with E-state index in [2.05, 4.69) is 5.32 Å². The summed E-state index contributed by atoms with van der Waals surface area (Å²) in [5, 5.41) is 2.84. The van der Waals surface area contributed by atoms with Crippen LogP contribution in [0.5, 0.6) is 23.0 Å². The van der Waals surface area contributed by atoms with Gasteiger partial charge < -0.3 is 24.3 Å². The SMILES string of the molecule is COc1ccc(OCCNC(=O)c2ccc(OCc3ccccc3)c(OC)c2)cc1. The van der Waals surface area contributed by atoms with Crippen molar-refractivity contribution in [2.24, 2.45) is 0 Å². The number of carbonyl (C=O) groups is 1. The van der Waals surface area contributed by atoms with Crippen LogP contribution in [-0.2, 0) is 6.61 Å². The van der Waals surface area contributed by atoms with Gasteiger partial charge in [-0.25, -0.2) is 0 Å². The zero-order valence-electron chi connectivity index (χ0n) is 17.1. The molecule has 0 unspecified atom stereocenters. The van der Waals surface area contributed by atoms with Crippen LogP contribution in [0.2, 0.25) is 0 Å². The average molecular weight is 407 g/mol. The molecule has 30 heavy (non-hydrogen) atoms. The van der Waals surface area contributed by atoms with E-state index < -0.39 is 0 Å². The molecule has 0 aliphatic rings. The maximum Gasteiger partial charge on any atom is 0.251 e. The van der Waals surface area contributed by atoms with Crippen LogP contribution in [0.4, 0.5) is 0 Å². The number of ether oxygens (including phenoxy) is 4. The van der Waals surface area contributed by atoms with Crippen LogP contribution in [0.25, 0.3) is 0 Å². The number of rotatable bonds is 10. The molecule has 3 aromatic carbocycles. The Bertz CT molecular complexity index is 942. The third-order valence-corrected chi connectivity index (χ3v) is 4.38. The molecule has 0 radical (unpaired) electrons. The molecule has 0 aromatic heterocycles. The summed E-state index contributed by atoms with van der Waals surface area (Å²) in [6, 6.07) is 22.3. The first-order chi connectivity index (χ1) is 14.7. The second-order valence-corrected chi connectivity index (χ2v) is 6.42. The first kappa shape index (κ1) is 21.0. The van der Waals surface area contributed by atoms with E-state index >= 15 is 0 Å². The van der Waals surface area contributed by atoms with E-state index in [0.717, 1.165) is 11.3 Å². The third kappa shape index (κ3) is 5.91. The van der Waals surface area contributed by atoms with Gasteiger partial charge in [0.05, 0.1) is 20.8 Å². The molecular formula is C24H25NO5.